The van der Waals surface area contributed by atoms with Crippen LogP contribution in [-0.2, 0) is 12.8 Å². The van der Waals surface area contributed by atoms with Crippen molar-refractivity contribution in [3.63, 3.8) is 0 Å². The molecular weight excluding hydrogens is 364 g/mol. The Labute approximate surface area is 165 Å². The summed E-state index contributed by atoms with van der Waals surface area (Å²) in [5, 5.41) is 2.06. The van der Waals surface area contributed by atoms with Crippen molar-refractivity contribution in [3.05, 3.63) is 70.4 Å². The molecule has 27 heavy (non-hydrogen) atoms. The summed E-state index contributed by atoms with van der Waals surface area (Å²) in [6.45, 7) is 8.62. The summed E-state index contributed by atoms with van der Waals surface area (Å²) in [6.07, 6.45) is 4.80. The van der Waals surface area contributed by atoms with Gasteiger partial charge in [-0.3, -0.25) is 0 Å². The van der Waals surface area contributed by atoms with E-state index in [1.807, 2.05) is 18.2 Å². The Morgan fingerprint density at radius 1 is 0.926 bits per heavy atom. The van der Waals surface area contributed by atoms with Gasteiger partial charge in [-0.1, -0.05) is 45.4 Å². The highest BCUT2D eigenvalue weighted by atomic mass is 35.5. The van der Waals surface area contributed by atoms with Gasteiger partial charge >= 0.3 is 0 Å². The molecule has 4 heteroatoms. The number of hydrogen-bond acceptors (Lipinski definition) is 0. The molecule has 1 N–H and O–H groups in total. The molecule has 0 unspecified atom stereocenters. The van der Waals surface area contributed by atoms with E-state index in [-0.39, 0.29) is 0 Å². The first-order valence-electron chi connectivity index (χ1n) is 9.45. The minimum absolute atomic E-state index is 0.430. The summed E-state index contributed by atoms with van der Waals surface area (Å²) in [6, 6.07) is 9.74. The molecule has 0 saturated carbocycles. The second kappa shape index (κ2) is 9.89. The van der Waals surface area contributed by atoms with Crippen molar-refractivity contribution in [1.29, 1.82) is 0 Å². The Morgan fingerprint density at radius 3 is 2.30 bits per heavy atom. The molecule has 0 radical (unpaired) electrons. The second-order valence-electron chi connectivity index (χ2n) is 7.77. The number of hydrogen-bond donors (Lipinski definition) is 1. The molecule has 0 atom stereocenters. The van der Waals surface area contributed by atoms with Crippen LogP contribution in [0.4, 0.5) is 8.78 Å². The molecule has 3 aromatic rings. The fraction of sp³-hybridized carbons (Fsp3) is 0.391. The van der Waals surface area contributed by atoms with Crippen LogP contribution in [0.15, 0.2) is 42.6 Å². The number of fused-ring (bicyclic) bond motifs is 1. The summed E-state index contributed by atoms with van der Waals surface area (Å²) in [5.74, 6) is 0.281. The highest BCUT2D eigenvalue weighted by Crippen LogP contribution is 2.24. The second-order valence-corrected chi connectivity index (χ2v) is 8.21. The predicted octanol–water partition coefficient (Wildman–Crippen LogP) is 7.57. The Bertz CT molecular complexity index is 868. The van der Waals surface area contributed by atoms with E-state index in [2.05, 4.69) is 38.9 Å². The zero-order valence-electron chi connectivity index (χ0n) is 16.5. The lowest BCUT2D eigenvalue weighted by Gasteiger charge is -2.05. The van der Waals surface area contributed by atoms with Gasteiger partial charge < -0.3 is 4.98 Å². The molecule has 0 amide bonds. The number of aromatic nitrogens is 1. The minimum atomic E-state index is -0.509. The van der Waals surface area contributed by atoms with Gasteiger partial charge in [0.15, 0.2) is 0 Å². The SMILES string of the molecule is CC(C)CCc1ccc(F)cc1F.CC(C)Cc1c[nH]c2ccc(Cl)cc12. The maximum atomic E-state index is 13.1. The van der Waals surface area contributed by atoms with Crippen molar-refractivity contribution in [1.82, 2.24) is 4.98 Å². The van der Waals surface area contributed by atoms with Gasteiger partial charge in [-0.2, -0.15) is 0 Å². The van der Waals surface area contributed by atoms with E-state index >= 15 is 0 Å². The zero-order valence-corrected chi connectivity index (χ0v) is 17.2. The maximum Gasteiger partial charge on any atom is 0.129 e. The van der Waals surface area contributed by atoms with Crippen LogP contribution in [0.2, 0.25) is 5.02 Å². The third-order valence-electron chi connectivity index (χ3n) is 4.36. The van der Waals surface area contributed by atoms with Crippen molar-refractivity contribution in [2.24, 2.45) is 11.8 Å². The number of H-pyrrole nitrogens is 1. The van der Waals surface area contributed by atoms with E-state index in [4.69, 9.17) is 11.6 Å². The number of rotatable bonds is 5. The predicted molar refractivity (Wildman–Crippen MR) is 111 cm³/mol. The monoisotopic (exact) mass is 391 g/mol. The Kier molecular flexibility index (Phi) is 7.85. The number of aromatic amines is 1. The van der Waals surface area contributed by atoms with Crippen molar-refractivity contribution in [2.75, 3.05) is 0 Å². The molecule has 0 spiro atoms. The van der Waals surface area contributed by atoms with Crippen LogP contribution in [0.5, 0.6) is 0 Å². The smallest absolute Gasteiger partial charge is 0.129 e. The normalized spacial score (nSPS) is 11.1. The van der Waals surface area contributed by atoms with Gasteiger partial charge in [0.2, 0.25) is 0 Å². The van der Waals surface area contributed by atoms with Gasteiger partial charge in [-0.05, 0) is 66.5 Å². The Morgan fingerprint density at radius 2 is 1.67 bits per heavy atom. The molecule has 0 aliphatic heterocycles. The highest BCUT2D eigenvalue weighted by molar-refractivity contribution is 6.31. The first kappa shape index (κ1) is 21.4. The lowest BCUT2D eigenvalue weighted by molar-refractivity contribution is 0.545. The molecule has 0 aliphatic rings. The largest absolute Gasteiger partial charge is 0.361 e. The van der Waals surface area contributed by atoms with Crippen molar-refractivity contribution >= 4 is 22.5 Å². The van der Waals surface area contributed by atoms with E-state index in [1.165, 1.54) is 28.6 Å². The van der Waals surface area contributed by atoms with E-state index in [0.29, 0.717) is 23.8 Å². The molecule has 0 aliphatic carbocycles. The molecule has 0 saturated heterocycles. The number of aryl methyl sites for hydroxylation is 1. The van der Waals surface area contributed by atoms with Crippen LogP contribution < -0.4 is 0 Å². The van der Waals surface area contributed by atoms with E-state index in [0.717, 1.165) is 23.9 Å². The molecule has 146 valence electrons. The molecule has 0 fully saturated rings. The van der Waals surface area contributed by atoms with Crippen molar-refractivity contribution < 1.29 is 8.78 Å². The van der Waals surface area contributed by atoms with E-state index in [9.17, 15) is 8.78 Å². The fourth-order valence-corrected chi connectivity index (χ4v) is 3.10. The molecule has 1 heterocycles. The average Bonchev–Trinajstić information content (AvgIpc) is 2.96. The highest BCUT2D eigenvalue weighted by Gasteiger charge is 2.06. The summed E-state index contributed by atoms with van der Waals surface area (Å²) in [7, 11) is 0. The van der Waals surface area contributed by atoms with Gasteiger partial charge in [0.05, 0.1) is 0 Å². The molecule has 0 bridgehead atoms. The summed E-state index contributed by atoms with van der Waals surface area (Å²) in [5.41, 5.74) is 3.14. The summed E-state index contributed by atoms with van der Waals surface area (Å²) >= 11 is 5.97. The molecule has 1 nitrogen and oxygen atoms in total. The van der Waals surface area contributed by atoms with Crippen LogP contribution in [-0.4, -0.2) is 4.98 Å². The first-order chi connectivity index (χ1) is 12.8. The van der Waals surface area contributed by atoms with Crippen molar-refractivity contribution in [3.8, 4) is 0 Å². The van der Waals surface area contributed by atoms with Gasteiger partial charge in [-0.25, -0.2) is 8.78 Å². The van der Waals surface area contributed by atoms with Gasteiger partial charge in [-0.15, -0.1) is 0 Å². The minimum Gasteiger partial charge on any atom is -0.361 e. The van der Waals surface area contributed by atoms with Crippen LogP contribution in [0.3, 0.4) is 0 Å². The summed E-state index contributed by atoms with van der Waals surface area (Å²) in [4.78, 5) is 3.26. The third-order valence-corrected chi connectivity index (χ3v) is 4.60. The lowest BCUT2D eigenvalue weighted by Crippen LogP contribution is -1.95. The average molecular weight is 392 g/mol. The number of benzene rings is 2. The van der Waals surface area contributed by atoms with Crippen LogP contribution in [0, 0.1) is 23.5 Å². The number of nitrogens with one attached hydrogen (secondary N) is 1. The van der Waals surface area contributed by atoms with Gasteiger partial charge in [0.25, 0.3) is 0 Å². The molecule has 3 rings (SSSR count). The Balaban J connectivity index is 0.000000194. The zero-order chi connectivity index (χ0) is 20.0. The maximum absolute atomic E-state index is 13.1. The van der Waals surface area contributed by atoms with Crippen LogP contribution in [0.1, 0.15) is 45.2 Å². The first-order valence-corrected chi connectivity index (χ1v) is 9.83. The lowest BCUT2D eigenvalue weighted by atomic mass is 10.0. The van der Waals surface area contributed by atoms with E-state index in [1.54, 1.807) is 0 Å². The fourth-order valence-electron chi connectivity index (χ4n) is 2.93. The summed E-state index contributed by atoms with van der Waals surface area (Å²) < 4.78 is 25.6. The molecule has 1 aromatic heterocycles. The quantitative estimate of drug-likeness (QED) is 0.461. The molecule has 2 aromatic carbocycles. The van der Waals surface area contributed by atoms with Gasteiger partial charge in [0, 0.05) is 28.2 Å². The van der Waals surface area contributed by atoms with Crippen LogP contribution >= 0.6 is 11.6 Å². The third kappa shape index (κ3) is 6.66. The topological polar surface area (TPSA) is 15.8 Å². The van der Waals surface area contributed by atoms with Gasteiger partial charge in [0.1, 0.15) is 11.6 Å². The number of halogens is 3. The Hall–Kier alpha value is -1.87. The van der Waals surface area contributed by atoms with Crippen LogP contribution in [0.25, 0.3) is 10.9 Å². The standard InChI is InChI=1S/C12H14ClN.C11H14F2/c1-8(2)5-9-7-14-12-4-3-10(13)6-11(9)12;1-8(2)3-4-9-5-6-10(12)7-11(9)13/h3-4,6-8,14H,5H2,1-2H3;5-8H,3-4H2,1-2H3. The van der Waals surface area contributed by atoms with Crippen molar-refractivity contribution in [2.45, 2.75) is 47.0 Å². The van der Waals surface area contributed by atoms with E-state index < -0.39 is 11.6 Å². The molecular formula is C23H28ClF2N.